The quantitative estimate of drug-likeness (QED) is 0.707. The van der Waals surface area contributed by atoms with E-state index in [1.807, 2.05) is 6.07 Å². The first-order valence-corrected chi connectivity index (χ1v) is 3.86. The third kappa shape index (κ3) is 1.60. The Morgan fingerprint density at radius 2 is 2.27 bits per heavy atom. The number of halogens is 1. The minimum atomic E-state index is 0.557. The van der Waals surface area contributed by atoms with E-state index in [-0.39, 0.29) is 0 Å². The number of hydrogen-bond donors (Lipinski definition) is 0. The number of carbonyl (C=O) groups excluding carboxylic acids is 1. The molecule has 0 saturated carbocycles. The van der Waals surface area contributed by atoms with E-state index in [9.17, 15) is 4.79 Å². The molecule has 0 N–H and O–H groups in total. The number of ether oxygens (including phenoxy) is 1. The molecule has 0 atom stereocenters. The predicted octanol–water partition coefficient (Wildman–Crippen LogP) is 2.27. The van der Waals surface area contributed by atoms with Gasteiger partial charge in [0.25, 0.3) is 0 Å². The normalized spacial score (nSPS) is 9.27. The third-order valence-corrected chi connectivity index (χ3v) is 1.95. The molecule has 0 spiro atoms. The molecule has 1 aromatic carbocycles. The van der Waals surface area contributed by atoms with Crippen molar-refractivity contribution in [2.75, 3.05) is 7.11 Å². The molecule has 0 heterocycles. The number of carbonyl (C=O) groups is 1. The van der Waals surface area contributed by atoms with E-state index in [2.05, 4.69) is 15.9 Å². The second-order valence-electron chi connectivity index (χ2n) is 1.98. The summed E-state index contributed by atoms with van der Waals surface area (Å²) in [4.78, 5) is 10.4. The zero-order chi connectivity index (χ0) is 8.27. The minimum absolute atomic E-state index is 0.557. The fourth-order valence-electron chi connectivity index (χ4n) is 0.834. The van der Waals surface area contributed by atoms with Gasteiger partial charge in [-0.3, -0.25) is 4.79 Å². The summed E-state index contributed by atoms with van der Waals surface area (Å²) in [5, 5.41) is 0. The predicted molar refractivity (Wildman–Crippen MR) is 46.1 cm³/mol. The zero-order valence-corrected chi connectivity index (χ0v) is 7.59. The highest BCUT2D eigenvalue weighted by Crippen LogP contribution is 2.27. The van der Waals surface area contributed by atoms with Crippen molar-refractivity contribution in [1.29, 1.82) is 0 Å². The van der Waals surface area contributed by atoms with Crippen molar-refractivity contribution in [3.8, 4) is 5.75 Å². The molecule has 1 rings (SSSR count). The molecule has 0 aliphatic rings. The molecule has 3 heteroatoms. The number of benzene rings is 1. The molecule has 2 nitrogen and oxygen atoms in total. The summed E-state index contributed by atoms with van der Waals surface area (Å²) < 4.78 is 5.78. The van der Waals surface area contributed by atoms with Gasteiger partial charge < -0.3 is 4.74 Å². The molecule has 0 aromatic heterocycles. The maximum atomic E-state index is 10.4. The smallest absolute Gasteiger partial charge is 0.153 e. The monoisotopic (exact) mass is 214 g/mol. The van der Waals surface area contributed by atoms with Crippen LogP contribution < -0.4 is 4.74 Å². The van der Waals surface area contributed by atoms with Crippen LogP contribution >= 0.6 is 15.9 Å². The fourth-order valence-corrected chi connectivity index (χ4v) is 1.38. The highest BCUT2D eigenvalue weighted by atomic mass is 79.9. The van der Waals surface area contributed by atoms with Crippen LogP contribution in [0.3, 0.4) is 0 Å². The Bertz CT molecular complexity index is 271. The lowest BCUT2D eigenvalue weighted by Gasteiger charge is -2.03. The number of rotatable bonds is 2. The molecule has 0 radical (unpaired) electrons. The molecule has 11 heavy (non-hydrogen) atoms. The van der Waals surface area contributed by atoms with E-state index in [0.29, 0.717) is 11.3 Å². The fraction of sp³-hybridized carbons (Fsp3) is 0.125. The highest BCUT2D eigenvalue weighted by Gasteiger charge is 2.03. The average Bonchev–Trinajstić information content (AvgIpc) is 2.04. The van der Waals surface area contributed by atoms with Crippen LogP contribution in [0.4, 0.5) is 0 Å². The Morgan fingerprint density at radius 3 is 2.73 bits per heavy atom. The number of para-hydroxylation sites is 1. The van der Waals surface area contributed by atoms with Crippen molar-refractivity contribution in [2.45, 2.75) is 0 Å². The molecule has 0 fully saturated rings. The topological polar surface area (TPSA) is 26.3 Å². The average molecular weight is 215 g/mol. The standard InChI is InChI=1S/C8H7BrO2/c1-11-8-6(5-10)3-2-4-7(8)9/h2-5H,1H3. The number of aldehydes is 1. The summed E-state index contributed by atoms with van der Waals surface area (Å²) in [6.07, 6.45) is 0.767. The van der Waals surface area contributed by atoms with Gasteiger partial charge in [-0.15, -0.1) is 0 Å². The van der Waals surface area contributed by atoms with Gasteiger partial charge in [0.05, 0.1) is 17.1 Å². The summed E-state index contributed by atoms with van der Waals surface area (Å²) >= 11 is 3.26. The minimum Gasteiger partial charge on any atom is -0.495 e. The van der Waals surface area contributed by atoms with Gasteiger partial charge in [0.1, 0.15) is 5.75 Å². The molecule has 0 bridgehead atoms. The summed E-state index contributed by atoms with van der Waals surface area (Å²) in [6, 6.07) is 5.32. The van der Waals surface area contributed by atoms with Gasteiger partial charge in [-0.1, -0.05) is 6.07 Å². The third-order valence-electron chi connectivity index (χ3n) is 1.33. The van der Waals surface area contributed by atoms with E-state index < -0.39 is 0 Å². The summed E-state index contributed by atoms with van der Waals surface area (Å²) in [5.41, 5.74) is 0.557. The van der Waals surface area contributed by atoms with Gasteiger partial charge in [0, 0.05) is 0 Å². The lowest BCUT2D eigenvalue weighted by Crippen LogP contribution is -1.90. The largest absolute Gasteiger partial charge is 0.495 e. The van der Waals surface area contributed by atoms with E-state index >= 15 is 0 Å². The Labute approximate surface area is 73.3 Å². The molecule has 0 aliphatic heterocycles. The molecular formula is C8H7BrO2. The van der Waals surface area contributed by atoms with E-state index in [1.165, 1.54) is 7.11 Å². The van der Waals surface area contributed by atoms with Crippen molar-refractivity contribution in [3.05, 3.63) is 28.2 Å². The van der Waals surface area contributed by atoms with Crippen molar-refractivity contribution < 1.29 is 9.53 Å². The summed E-state index contributed by atoms with van der Waals surface area (Å²) in [7, 11) is 1.53. The molecule has 0 unspecified atom stereocenters. The molecule has 0 saturated heterocycles. The highest BCUT2D eigenvalue weighted by molar-refractivity contribution is 9.10. The molecular weight excluding hydrogens is 208 g/mol. The maximum absolute atomic E-state index is 10.4. The zero-order valence-electron chi connectivity index (χ0n) is 6.00. The van der Waals surface area contributed by atoms with Gasteiger partial charge in [0.2, 0.25) is 0 Å². The van der Waals surface area contributed by atoms with Crippen molar-refractivity contribution in [2.24, 2.45) is 0 Å². The molecule has 0 amide bonds. The lowest BCUT2D eigenvalue weighted by atomic mass is 10.2. The number of hydrogen-bond acceptors (Lipinski definition) is 2. The van der Waals surface area contributed by atoms with Crippen LogP contribution in [0.2, 0.25) is 0 Å². The van der Waals surface area contributed by atoms with Crippen LogP contribution in [-0.4, -0.2) is 13.4 Å². The maximum Gasteiger partial charge on any atom is 0.153 e. The van der Waals surface area contributed by atoms with E-state index in [1.54, 1.807) is 12.1 Å². The first-order chi connectivity index (χ1) is 5.29. The van der Waals surface area contributed by atoms with Gasteiger partial charge in [-0.2, -0.15) is 0 Å². The molecule has 58 valence electrons. The second-order valence-corrected chi connectivity index (χ2v) is 2.83. The number of methoxy groups -OCH3 is 1. The van der Waals surface area contributed by atoms with Crippen LogP contribution in [0.25, 0.3) is 0 Å². The first-order valence-electron chi connectivity index (χ1n) is 3.07. The van der Waals surface area contributed by atoms with Gasteiger partial charge in [-0.05, 0) is 28.1 Å². The van der Waals surface area contributed by atoms with Crippen LogP contribution in [0.15, 0.2) is 22.7 Å². The summed E-state index contributed by atoms with van der Waals surface area (Å²) in [5.74, 6) is 0.586. The van der Waals surface area contributed by atoms with Crippen LogP contribution in [0.5, 0.6) is 5.75 Å². The Balaban J connectivity index is 3.23. The van der Waals surface area contributed by atoms with Crippen LogP contribution in [-0.2, 0) is 0 Å². The van der Waals surface area contributed by atoms with Crippen LogP contribution in [0.1, 0.15) is 10.4 Å². The summed E-state index contributed by atoms with van der Waals surface area (Å²) in [6.45, 7) is 0. The van der Waals surface area contributed by atoms with E-state index in [0.717, 1.165) is 10.8 Å². The van der Waals surface area contributed by atoms with Crippen molar-refractivity contribution in [3.63, 3.8) is 0 Å². The SMILES string of the molecule is COc1c(Br)cccc1C=O. The molecule has 0 aliphatic carbocycles. The Hall–Kier alpha value is -0.830. The molecule has 1 aromatic rings. The van der Waals surface area contributed by atoms with Crippen molar-refractivity contribution >= 4 is 22.2 Å². The first kappa shape index (κ1) is 8.27. The van der Waals surface area contributed by atoms with Gasteiger partial charge in [0.15, 0.2) is 6.29 Å². The van der Waals surface area contributed by atoms with Gasteiger partial charge >= 0.3 is 0 Å². The lowest BCUT2D eigenvalue weighted by molar-refractivity contribution is 0.112. The van der Waals surface area contributed by atoms with Crippen molar-refractivity contribution in [1.82, 2.24) is 0 Å². The van der Waals surface area contributed by atoms with E-state index in [4.69, 9.17) is 4.74 Å². The Morgan fingerprint density at radius 1 is 1.55 bits per heavy atom. The van der Waals surface area contributed by atoms with Gasteiger partial charge in [-0.25, -0.2) is 0 Å². The second kappa shape index (κ2) is 3.53. The van der Waals surface area contributed by atoms with Crippen LogP contribution in [0, 0.1) is 0 Å². The Kier molecular flexibility index (Phi) is 2.65.